The first-order chi connectivity index (χ1) is 16.6. The third-order valence-corrected chi connectivity index (χ3v) is 7.50. The van der Waals surface area contributed by atoms with E-state index in [0.717, 1.165) is 57.1 Å². The number of para-hydroxylation sites is 2. The summed E-state index contributed by atoms with van der Waals surface area (Å²) in [5.41, 5.74) is 1.48. The van der Waals surface area contributed by atoms with Gasteiger partial charge in [-0.15, -0.1) is 0 Å². The lowest BCUT2D eigenvalue weighted by atomic mass is 9.85. The van der Waals surface area contributed by atoms with Crippen LogP contribution in [0.1, 0.15) is 69.6 Å². The lowest BCUT2D eigenvalue weighted by Gasteiger charge is -2.30. The van der Waals surface area contributed by atoms with Crippen molar-refractivity contribution in [3.8, 4) is 0 Å². The number of hydrogen-bond donors (Lipinski definition) is 0. The zero-order valence-corrected chi connectivity index (χ0v) is 19.6. The molecule has 1 aliphatic heterocycles. The Morgan fingerprint density at radius 2 is 1.91 bits per heavy atom. The van der Waals surface area contributed by atoms with E-state index in [1.54, 1.807) is 0 Å². The maximum atomic E-state index is 13.3. The number of carbonyl (C=O) groups is 3. The smallest absolute Gasteiger partial charge is 0.411 e. The summed E-state index contributed by atoms with van der Waals surface area (Å²) in [6, 6.07) is 7.32. The molecule has 3 aliphatic rings. The summed E-state index contributed by atoms with van der Waals surface area (Å²) in [6.07, 6.45) is 8.22. The highest BCUT2D eigenvalue weighted by atomic mass is 16.6. The van der Waals surface area contributed by atoms with Gasteiger partial charge < -0.3 is 18.8 Å². The Hall–Kier alpha value is -2.90. The number of carbonyl (C=O) groups excluding carboxylic acids is 3. The van der Waals surface area contributed by atoms with Crippen LogP contribution >= 0.6 is 0 Å². The Bertz CT molecular complexity index is 991. The second-order valence-electron chi connectivity index (χ2n) is 9.89. The molecule has 0 spiro atoms. The van der Waals surface area contributed by atoms with Gasteiger partial charge in [0.15, 0.2) is 11.7 Å². The molecule has 8 heteroatoms. The van der Waals surface area contributed by atoms with Crippen LogP contribution in [0.2, 0.25) is 0 Å². The van der Waals surface area contributed by atoms with Gasteiger partial charge in [-0.2, -0.15) is 0 Å². The molecule has 182 valence electrons. The number of amides is 2. The lowest BCUT2D eigenvalue weighted by molar-refractivity contribution is -0.141. The Kier molecular flexibility index (Phi) is 6.83. The maximum absolute atomic E-state index is 13.3. The number of benzene rings is 1. The lowest BCUT2D eigenvalue weighted by Crippen LogP contribution is -2.45. The Morgan fingerprint density at radius 1 is 1.15 bits per heavy atom. The average Bonchev–Trinajstić information content (AvgIpc) is 3.25. The number of hydrogen-bond acceptors (Lipinski definition) is 6. The molecule has 2 amide bonds. The average molecular weight is 468 g/mol. The molecule has 2 unspecified atom stereocenters. The number of fused-ring (bicyclic) bond motifs is 1. The molecular formula is C26H33N3O5. The number of rotatable bonds is 8. The minimum Gasteiger partial charge on any atom is -0.440 e. The zero-order chi connectivity index (χ0) is 23.5. The summed E-state index contributed by atoms with van der Waals surface area (Å²) in [4.78, 5) is 45.7. The second kappa shape index (κ2) is 10.2. The largest absolute Gasteiger partial charge is 0.440 e. The van der Waals surface area contributed by atoms with Gasteiger partial charge in [-0.1, -0.05) is 44.2 Å². The minimum atomic E-state index is -0.788. The van der Waals surface area contributed by atoms with Crippen molar-refractivity contribution >= 4 is 29.4 Å². The zero-order valence-electron chi connectivity index (χ0n) is 19.6. The predicted molar refractivity (Wildman–Crippen MR) is 125 cm³/mol. The SMILES string of the molecule is O=CCN(C(=O)O[C@@H](CC1CCCCC1)C(=O)N1CCCC1)C1CC1c1nc2ccccc2o1. The van der Waals surface area contributed by atoms with Crippen molar-refractivity contribution in [3.05, 3.63) is 30.2 Å². The van der Waals surface area contributed by atoms with Gasteiger partial charge in [0.2, 0.25) is 5.89 Å². The van der Waals surface area contributed by atoms with Crippen molar-refractivity contribution in [2.24, 2.45) is 5.92 Å². The Balaban J connectivity index is 1.28. The molecule has 3 atom stereocenters. The molecule has 2 saturated carbocycles. The fourth-order valence-corrected chi connectivity index (χ4v) is 5.52. The van der Waals surface area contributed by atoms with Gasteiger partial charge in [0, 0.05) is 19.1 Å². The van der Waals surface area contributed by atoms with E-state index in [2.05, 4.69) is 4.98 Å². The van der Waals surface area contributed by atoms with Gasteiger partial charge in [-0.05, 0) is 43.7 Å². The fourth-order valence-electron chi connectivity index (χ4n) is 5.52. The molecule has 2 aliphatic carbocycles. The van der Waals surface area contributed by atoms with Crippen molar-refractivity contribution in [2.45, 2.75) is 75.9 Å². The molecule has 2 aromatic rings. The van der Waals surface area contributed by atoms with Gasteiger partial charge in [-0.3, -0.25) is 9.69 Å². The monoisotopic (exact) mass is 467 g/mol. The van der Waals surface area contributed by atoms with Gasteiger partial charge in [-0.25, -0.2) is 9.78 Å². The van der Waals surface area contributed by atoms with E-state index in [9.17, 15) is 14.4 Å². The van der Waals surface area contributed by atoms with Crippen LogP contribution in [0.5, 0.6) is 0 Å². The summed E-state index contributed by atoms with van der Waals surface area (Å²) in [5.74, 6) is 0.799. The van der Waals surface area contributed by atoms with Crippen LogP contribution in [0.25, 0.3) is 11.1 Å². The first-order valence-electron chi connectivity index (χ1n) is 12.7. The molecule has 0 radical (unpaired) electrons. The summed E-state index contributed by atoms with van der Waals surface area (Å²) < 4.78 is 11.8. The van der Waals surface area contributed by atoms with E-state index >= 15 is 0 Å². The number of likely N-dealkylation sites (tertiary alicyclic amines) is 1. The number of oxazole rings is 1. The van der Waals surface area contributed by atoms with Crippen molar-refractivity contribution in [2.75, 3.05) is 19.6 Å². The molecule has 34 heavy (non-hydrogen) atoms. The molecular weight excluding hydrogens is 434 g/mol. The van der Waals surface area contributed by atoms with Crippen LogP contribution in [0, 0.1) is 5.92 Å². The van der Waals surface area contributed by atoms with Gasteiger partial charge >= 0.3 is 6.09 Å². The van der Waals surface area contributed by atoms with E-state index < -0.39 is 12.2 Å². The number of ether oxygens (including phenoxy) is 1. The quantitative estimate of drug-likeness (QED) is 0.538. The Labute approximate surface area is 199 Å². The summed E-state index contributed by atoms with van der Waals surface area (Å²) in [5, 5.41) is 0. The highest BCUT2D eigenvalue weighted by Crippen LogP contribution is 2.45. The highest BCUT2D eigenvalue weighted by molar-refractivity contribution is 5.84. The Morgan fingerprint density at radius 3 is 2.65 bits per heavy atom. The molecule has 1 aromatic heterocycles. The van der Waals surface area contributed by atoms with E-state index in [1.807, 2.05) is 29.2 Å². The predicted octanol–water partition coefficient (Wildman–Crippen LogP) is 4.28. The summed E-state index contributed by atoms with van der Waals surface area (Å²) in [7, 11) is 0. The third kappa shape index (κ3) is 4.95. The minimum absolute atomic E-state index is 0.0751. The summed E-state index contributed by atoms with van der Waals surface area (Å²) in [6.45, 7) is 1.37. The van der Waals surface area contributed by atoms with Crippen LogP contribution in [0.15, 0.2) is 28.7 Å². The van der Waals surface area contributed by atoms with Gasteiger partial charge in [0.1, 0.15) is 11.8 Å². The van der Waals surface area contributed by atoms with Crippen molar-refractivity contribution < 1.29 is 23.5 Å². The number of aromatic nitrogens is 1. The standard InChI is InChI=1S/C26H33N3O5/c30-15-14-29(21-17-19(21)24-27-20-10-4-5-11-22(20)33-24)26(32)34-23(16-18-8-2-1-3-9-18)25(31)28-12-6-7-13-28/h4-5,10-11,15,18-19,21,23H,1-3,6-9,12-14,16-17H2/t19?,21?,23-/m0/s1. The molecule has 1 aromatic carbocycles. The van der Waals surface area contributed by atoms with Crippen LogP contribution < -0.4 is 0 Å². The molecule has 2 heterocycles. The maximum Gasteiger partial charge on any atom is 0.411 e. The van der Waals surface area contributed by atoms with E-state index in [0.29, 0.717) is 36.5 Å². The van der Waals surface area contributed by atoms with Crippen LogP contribution in [-0.2, 0) is 14.3 Å². The molecule has 0 bridgehead atoms. The van der Waals surface area contributed by atoms with E-state index in [1.165, 1.54) is 11.3 Å². The second-order valence-corrected chi connectivity index (χ2v) is 9.89. The molecule has 5 rings (SSSR count). The first kappa shape index (κ1) is 22.9. The van der Waals surface area contributed by atoms with Crippen molar-refractivity contribution in [1.82, 2.24) is 14.8 Å². The topological polar surface area (TPSA) is 93.0 Å². The van der Waals surface area contributed by atoms with Gasteiger partial charge in [0.05, 0.1) is 12.5 Å². The molecule has 0 N–H and O–H groups in total. The van der Waals surface area contributed by atoms with Crippen molar-refractivity contribution in [1.29, 1.82) is 0 Å². The van der Waals surface area contributed by atoms with Crippen LogP contribution in [0.3, 0.4) is 0 Å². The van der Waals surface area contributed by atoms with E-state index in [-0.39, 0.29) is 24.4 Å². The fraction of sp³-hybridized carbons (Fsp3) is 0.615. The normalized spacial score (nSPS) is 23.6. The van der Waals surface area contributed by atoms with Crippen LogP contribution in [0.4, 0.5) is 4.79 Å². The number of aldehydes is 1. The highest BCUT2D eigenvalue weighted by Gasteiger charge is 2.49. The van der Waals surface area contributed by atoms with Gasteiger partial charge in [0.25, 0.3) is 5.91 Å². The molecule has 3 fully saturated rings. The third-order valence-electron chi connectivity index (χ3n) is 7.50. The van der Waals surface area contributed by atoms with Crippen molar-refractivity contribution in [3.63, 3.8) is 0 Å². The van der Waals surface area contributed by atoms with E-state index in [4.69, 9.17) is 9.15 Å². The molecule has 8 nitrogen and oxygen atoms in total. The summed E-state index contributed by atoms with van der Waals surface area (Å²) >= 11 is 0. The van der Waals surface area contributed by atoms with Crippen LogP contribution in [-0.4, -0.2) is 64.9 Å². The first-order valence-corrected chi connectivity index (χ1v) is 12.7. The number of nitrogens with zero attached hydrogens (tertiary/aromatic N) is 3. The molecule has 1 saturated heterocycles.